The Balaban J connectivity index is 1.14. The minimum absolute atomic E-state index is 0.199. The van der Waals surface area contributed by atoms with Gasteiger partial charge in [0, 0.05) is 44.0 Å². The molecule has 0 saturated carbocycles. The van der Waals surface area contributed by atoms with Crippen LogP contribution in [0.15, 0.2) is 186 Å². The summed E-state index contributed by atoms with van der Waals surface area (Å²) in [6, 6.07) is 65.8. The number of benzene rings is 8. The molecule has 1 aliphatic carbocycles. The molecular weight excluding hydrogens is 657 g/mol. The molecule has 3 nitrogen and oxygen atoms in total. The van der Waals surface area contributed by atoms with E-state index in [4.69, 9.17) is 4.42 Å². The molecule has 1 aliphatic rings. The quantitative estimate of drug-likeness (QED) is 0.179. The van der Waals surface area contributed by atoms with Crippen molar-refractivity contribution in [1.29, 1.82) is 0 Å². The van der Waals surface area contributed by atoms with Gasteiger partial charge in [0.1, 0.15) is 5.58 Å². The van der Waals surface area contributed by atoms with Gasteiger partial charge in [0.2, 0.25) is 0 Å². The second kappa shape index (κ2) is 11.6. The minimum atomic E-state index is -0.199. The first-order valence-electron chi connectivity index (χ1n) is 18.7. The van der Waals surface area contributed by atoms with Crippen molar-refractivity contribution in [3.05, 3.63) is 193 Å². The normalized spacial score (nSPS) is 13.1. The second-order valence-corrected chi connectivity index (χ2v) is 15.0. The summed E-state index contributed by atoms with van der Waals surface area (Å²) < 4.78 is 9.09. The molecule has 0 spiro atoms. The molecule has 0 unspecified atom stereocenters. The number of rotatable bonds is 5. The molecule has 0 aliphatic heterocycles. The van der Waals surface area contributed by atoms with Crippen LogP contribution in [-0.4, -0.2) is 4.57 Å². The molecule has 8 aromatic carbocycles. The first-order valence-corrected chi connectivity index (χ1v) is 18.7. The summed E-state index contributed by atoms with van der Waals surface area (Å²) in [5.74, 6) is 0. The molecular formula is C51H36N2O. The average Bonchev–Trinajstić information content (AvgIpc) is 3.84. The van der Waals surface area contributed by atoms with E-state index in [2.05, 4.69) is 199 Å². The Labute approximate surface area is 314 Å². The molecule has 0 N–H and O–H groups in total. The summed E-state index contributed by atoms with van der Waals surface area (Å²) >= 11 is 0. The zero-order valence-corrected chi connectivity index (χ0v) is 30.1. The Morgan fingerprint density at radius 1 is 0.463 bits per heavy atom. The third kappa shape index (κ3) is 4.48. The summed E-state index contributed by atoms with van der Waals surface area (Å²) in [6.45, 7) is 4.73. The van der Waals surface area contributed by atoms with E-state index in [1.165, 1.54) is 55.2 Å². The first kappa shape index (κ1) is 30.8. The number of aromatic nitrogens is 1. The largest absolute Gasteiger partial charge is 0.454 e. The Morgan fingerprint density at radius 3 is 1.93 bits per heavy atom. The van der Waals surface area contributed by atoms with E-state index in [-0.39, 0.29) is 5.41 Å². The Kier molecular flexibility index (Phi) is 6.60. The molecule has 0 fully saturated rings. The van der Waals surface area contributed by atoms with E-state index >= 15 is 0 Å². The number of fused-ring (bicyclic) bond motifs is 9. The van der Waals surface area contributed by atoms with Gasteiger partial charge < -0.3 is 13.9 Å². The van der Waals surface area contributed by atoms with Crippen LogP contribution in [-0.2, 0) is 5.41 Å². The Morgan fingerprint density at radius 2 is 1.09 bits per heavy atom. The average molecular weight is 693 g/mol. The summed E-state index contributed by atoms with van der Waals surface area (Å²) in [4.78, 5) is 2.40. The number of anilines is 3. The van der Waals surface area contributed by atoms with E-state index in [0.29, 0.717) is 0 Å². The molecule has 0 saturated heterocycles. The summed E-state index contributed by atoms with van der Waals surface area (Å²) in [6.07, 6.45) is 0. The van der Waals surface area contributed by atoms with Crippen LogP contribution in [0.4, 0.5) is 17.1 Å². The van der Waals surface area contributed by atoms with Gasteiger partial charge in [-0.15, -0.1) is 0 Å². The second-order valence-electron chi connectivity index (χ2n) is 15.0. The molecule has 54 heavy (non-hydrogen) atoms. The van der Waals surface area contributed by atoms with Gasteiger partial charge in [0.15, 0.2) is 5.58 Å². The Bertz CT molecular complexity index is 3080. The Hall–Kier alpha value is -6.84. The van der Waals surface area contributed by atoms with Crippen LogP contribution in [0.2, 0.25) is 0 Å². The highest BCUT2D eigenvalue weighted by atomic mass is 16.3. The number of furan rings is 1. The van der Waals surface area contributed by atoms with Crippen LogP contribution < -0.4 is 4.90 Å². The molecule has 256 valence electrons. The predicted molar refractivity (Wildman–Crippen MR) is 226 cm³/mol. The molecule has 3 heteroatoms. The molecule has 10 aromatic rings. The third-order valence-electron chi connectivity index (χ3n) is 11.6. The maximum Gasteiger partial charge on any atom is 0.159 e. The number of hydrogen-bond acceptors (Lipinski definition) is 2. The number of para-hydroxylation sites is 4. The lowest BCUT2D eigenvalue weighted by atomic mass is 9.81. The first-order chi connectivity index (χ1) is 26.5. The maximum absolute atomic E-state index is 6.72. The van der Waals surface area contributed by atoms with Gasteiger partial charge >= 0.3 is 0 Å². The zero-order valence-electron chi connectivity index (χ0n) is 30.1. The SMILES string of the molecule is CC1(C)c2cc(-c3ccccc3)ccc2-c2ccc(N(c3ccc4c(c3)c3ccccc3n4-c3ccccc3)c3cccc4c3oc3ccccc34)cc21. The zero-order chi connectivity index (χ0) is 36.0. The highest BCUT2D eigenvalue weighted by Gasteiger charge is 2.36. The highest BCUT2D eigenvalue weighted by Crippen LogP contribution is 2.52. The fourth-order valence-corrected chi connectivity index (χ4v) is 8.97. The van der Waals surface area contributed by atoms with Crippen molar-refractivity contribution in [3.63, 3.8) is 0 Å². The van der Waals surface area contributed by atoms with Crippen molar-refractivity contribution < 1.29 is 4.42 Å². The van der Waals surface area contributed by atoms with Crippen molar-refractivity contribution >= 4 is 60.8 Å². The van der Waals surface area contributed by atoms with Crippen LogP contribution in [0.1, 0.15) is 25.0 Å². The fraction of sp³-hybridized carbons (Fsp3) is 0.0588. The van der Waals surface area contributed by atoms with Gasteiger partial charge in [-0.05, 0) is 100 Å². The van der Waals surface area contributed by atoms with E-state index < -0.39 is 0 Å². The van der Waals surface area contributed by atoms with Crippen LogP contribution >= 0.6 is 0 Å². The summed E-state index contributed by atoms with van der Waals surface area (Å²) in [5, 5.41) is 4.66. The lowest BCUT2D eigenvalue weighted by Crippen LogP contribution is -2.16. The van der Waals surface area contributed by atoms with Crippen LogP contribution in [0.3, 0.4) is 0 Å². The monoisotopic (exact) mass is 692 g/mol. The van der Waals surface area contributed by atoms with Gasteiger partial charge in [-0.25, -0.2) is 0 Å². The van der Waals surface area contributed by atoms with Crippen molar-refractivity contribution in [2.45, 2.75) is 19.3 Å². The van der Waals surface area contributed by atoms with E-state index in [1.54, 1.807) is 0 Å². The van der Waals surface area contributed by atoms with Crippen LogP contribution in [0.5, 0.6) is 0 Å². The standard InChI is InChI=1S/C51H36N2O/c1-51(2)44-30-34(33-14-5-3-6-15-33)24-27-38(44)39-28-25-37(32-45(39)51)52(48-22-13-20-42-41-19-10-12-23-49(41)54-50(42)48)36-26-29-47-43(31-36)40-18-9-11-21-46(40)53(47)35-16-7-4-8-17-35/h3-32H,1-2H3. The molecule has 11 rings (SSSR count). The third-order valence-corrected chi connectivity index (χ3v) is 11.6. The van der Waals surface area contributed by atoms with Gasteiger partial charge in [-0.2, -0.15) is 0 Å². The molecule has 2 aromatic heterocycles. The van der Waals surface area contributed by atoms with Crippen molar-refractivity contribution in [2.24, 2.45) is 0 Å². The van der Waals surface area contributed by atoms with Crippen LogP contribution in [0, 0.1) is 0 Å². The van der Waals surface area contributed by atoms with Crippen molar-refractivity contribution in [3.8, 4) is 27.9 Å². The van der Waals surface area contributed by atoms with Gasteiger partial charge in [-0.3, -0.25) is 0 Å². The maximum atomic E-state index is 6.72. The van der Waals surface area contributed by atoms with E-state index in [9.17, 15) is 0 Å². The smallest absolute Gasteiger partial charge is 0.159 e. The van der Waals surface area contributed by atoms with Crippen molar-refractivity contribution in [1.82, 2.24) is 4.57 Å². The van der Waals surface area contributed by atoms with Crippen molar-refractivity contribution in [2.75, 3.05) is 4.90 Å². The van der Waals surface area contributed by atoms with Gasteiger partial charge in [0.05, 0.1) is 16.7 Å². The summed E-state index contributed by atoms with van der Waals surface area (Å²) in [7, 11) is 0. The predicted octanol–water partition coefficient (Wildman–Crippen LogP) is 14.1. The number of hydrogen-bond donors (Lipinski definition) is 0. The topological polar surface area (TPSA) is 21.3 Å². The molecule has 0 radical (unpaired) electrons. The minimum Gasteiger partial charge on any atom is -0.454 e. The lowest BCUT2D eigenvalue weighted by molar-refractivity contribution is 0.660. The van der Waals surface area contributed by atoms with E-state index in [0.717, 1.165) is 44.7 Å². The van der Waals surface area contributed by atoms with Gasteiger partial charge in [-0.1, -0.05) is 129 Å². The van der Waals surface area contributed by atoms with Gasteiger partial charge in [0.25, 0.3) is 0 Å². The molecule has 0 bridgehead atoms. The highest BCUT2D eigenvalue weighted by molar-refractivity contribution is 6.13. The summed E-state index contributed by atoms with van der Waals surface area (Å²) in [5.41, 5.74) is 16.0. The molecule has 2 heterocycles. The lowest BCUT2D eigenvalue weighted by Gasteiger charge is -2.28. The van der Waals surface area contributed by atoms with E-state index in [1.807, 2.05) is 6.07 Å². The molecule has 0 amide bonds. The number of nitrogens with zero attached hydrogens (tertiary/aromatic N) is 2. The van der Waals surface area contributed by atoms with Crippen LogP contribution in [0.25, 0.3) is 71.7 Å². The fourth-order valence-electron chi connectivity index (χ4n) is 8.97. The molecule has 0 atom stereocenters.